The number of benzene rings is 1. The quantitative estimate of drug-likeness (QED) is 0.897. The predicted molar refractivity (Wildman–Crippen MR) is 68.0 cm³/mol. The van der Waals surface area contributed by atoms with E-state index in [9.17, 15) is 17.6 Å². The molecule has 0 amide bonds. The Kier molecular flexibility index (Phi) is 4.65. The van der Waals surface area contributed by atoms with Crippen LogP contribution in [-0.2, 0) is 10.0 Å². The van der Waals surface area contributed by atoms with Gasteiger partial charge in [-0.1, -0.05) is 13.8 Å². The van der Waals surface area contributed by atoms with Crippen LogP contribution in [0.3, 0.4) is 0 Å². The summed E-state index contributed by atoms with van der Waals surface area (Å²) in [5, 5.41) is 8.79. The largest absolute Gasteiger partial charge is 0.478 e. The molecular weight excluding hydrogens is 273 g/mol. The molecule has 0 atom stereocenters. The van der Waals surface area contributed by atoms with Crippen molar-refractivity contribution in [3.8, 4) is 0 Å². The minimum absolute atomic E-state index is 0.124. The van der Waals surface area contributed by atoms with Crippen LogP contribution >= 0.6 is 0 Å². The Morgan fingerprint density at radius 2 is 2.00 bits per heavy atom. The number of rotatable bonds is 5. The van der Waals surface area contributed by atoms with E-state index in [0.717, 1.165) is 22.5 Å². The summed E-state index contributed by atoms with van der Waals surface area (Å²) in [7, 11) is -2.40. The summed E-state index contributed by atoms with van der Waals surface area (Å²) in [6, 6.07) is 2.75. The van der Waals surface area contributed by atoms with Gasteiger partial charge in [-0.25, -0.2) is 21.9 Å². The molecule has 0 aliphatic carbocycles. The molecule has 0 bridgehead atoms. The Morgan fingerprint density at radius 3 is 2.47 bits per heavy atom. The summed E-state index contributed by atoms with van der Waals surface area (Å²) < 4.78 is 38.7. The first kappa shape index (κ1) is 15.6. The first-order valence-electron chi connectivity index (χ1n) is 5.65. The maximum absolute atomic E-state index is 13.2. The molecule has 1 rings (SSSR count). The summed E-state index contributed by atoms with van der Waals surface area (Å²) in [6.07, 6.45) is 0. The lowest BCUT2D eigenvalue weighted by Crippen LogP contribution is -2.30. The Morgan fingerprint density at radius 1 is 1.42 bits per heavy atom. The number of hydrogen-bond acceptors (Lipinski definition) is 3. The van der Waals surface area contributed by atoms with Crippen molar-refractivity contribution < 1.29 is 22.7 Å². The Hall–Kier alpha value is -1.47. The molecule has 1 aromatic rings. The first-order valence-corrected chi connectivity index (χ1v) is 7.09. The summed E-state index contributed by atoms with van der Waals surface area (Å²) in [5.74, 6) is -2.34. The second kappa shape index (κ2) is 5.66. The average molecular weight is 289 g/mol. The molecule has 0 fully saturated rings. The number of halogens is 1. The zero-order valence-electron chi connectivity index (χ0n) is 10.9. The van der Waals surface area contributed by atoms with Crippen LogP contribution in [0.15, 0.2) is 23.1 Å². The van der Waals surface area contributed by atoms with Crippen molar-refractivity contribution in [2.75, 3.05) is 13.6 Å². The fourth-order valence-corrected chi connectivity index (χ4v) is 2.98. The highest BCUT2D eigenvalue weighted by Crippen LogP contribution is 2.19. The van der Waals surface area contributed by atoms with Crippen molar-refractivity contribution in [1.82, 2.24) is 4.31 Å². The number of hydrogen-bond donors (Lipinski definition) is 1. The Labute approximate surface area is 111 Å². The molecule has 0 unspecified atom stereocenters. The number of carboxylic acid groups (broad SMARTS) is 1. The molecule has 7 heteroatoms. The minimum Gasteiger partial charge on any atom is -0.478 e. The van der Waals surface area contributed by atoms with Gasteiger partial charge in [0, 0.05) is 13.6 Å². The number of nitrogens with zero attached hydrogens (tertiary/aromatic N) is 1. The molecule has 0 radical (unpaired) electrons. The Bertz CT molecular complexity index is 583. The summed E-state index contributed by atoms with van der Waals surface area (Å²) in [4.78, 5) is 10.6. The molecule has 0 spiro atoms. The van der Waals surface area contributed by atoms with Crippen molar-refractivity contribution in [2.45, 2.75) is 18.7 Å². The fourth-order valence-electron chi connectivity index (χ4n) is 1.62. The summed E-state index contributed by atoms with van der Waals surface area (Å²) in [6.45, 7) is 4.01. The van der Waals surface area contributed by atoms with E-state index in [1.807, 2.05) is 13.8 Å². The van der Waals surface area contributed by atoms with Crippen molar-refractivity contribution >= 4 is 16.0 Å². The minimum atomic E-state index is -3.80. The molecule has 1 N–H and O–H groups in total. The van der Waals surface area contributed by atoms with E-state index in [1.54, 1.807) is 0 Å². The van der Waals surface area contributed by atoms with Gasteiger partial charge in [-0.3, -0.25) is 0 Å². The molecule has 5 nitrogen and oxygen atoms in total. The third-order valence-corrected chi connectivity index (χ3v) is 4.32. The van der Waals surface area contributed by atoms with Gasteiger partial charge < -0.3 is 5.11 Å². The second-order valence-electron chi connectivity index (χ2n) is 4.63. The van der Waals surface area contributed by atoms with E-state index in [0.29, 0.717) is 6.54 Å². The van der Waals surface area contributed by atoms with Gasteiger partial charge in [-0.15, -0.1) is 0 Å². The number of aromatic carboxylic acids is 1. The van der Waals surface area contributed by atoms with Crippen LogP contribution in [0, 0.1) is 11.7 Å². The van der Waals surface area contributed by atoms with Crippen LogP contribution in [0.4, 0.5) is 4.39 Å². The fraction of sp³-hybridized carbons (Fsp3) is 0.417. The van der Waals surface area contributed by atoms with Crippen LogP contribution in [0.25, 0.3) is 0 Å². The molecule has 106 valence electrons. The molecule has 1 aromatic carbocycles. The lowest BCUT2D eigenvalue weighted by molar-refractivity contribution is 0.0691. The van der Waals surface area contributed by atoms with E-state index in [2.05, 4.69) is 0 Å². The van der Waals surface area contributed by atoms with Gasteiger partial charge in [0.15, 0.2) is 0 Å². The molecule has 0 saturated heterocycles. The monoisotopic (exact) mass is 289 g/mol. The van der Waals surface area contributed by atoms with Gasteiger partial charge >= 0.3 is 5.97 Å². The summed E-state index contributed by atoms with van der Waals surface area (Å²) >= 11 is 0. The van der Waals surface area contributed by atoms with Crippen LogP contribution < -0.4 is 0 Å². The third-order valence-electron chi connectivity index (χ3n) is 2.50. The maximum atomic E-state index is 13.2. The Balaban J connectivity index is 3.22. The van der Waals surface area contributed by atoms with E-state index in [4.69, 9.17) is 5.11 Å². The van der Waals surface area contributed by atoms with Crippen molar-refractivity contribution in [1.29, 1.82) is 0 Å². The highest BCUT2D eigenvalue weighted by Gasteiger charge is 2.23. The SMILES string of the molecule is CC(C)CN(C)S(=O)(=O)c1ccc(F)c(C(=O)O)c1. The van der Waals surface area contributed by atoms with E-state index in [1.165, 1.54) is 7.05 Å². The first-order chi connectivity index (χ1) is 8.66. The molecule has 0 aliphatic rings. The normalized spacial score (nSPS) is 12.1. The number of carboxylic acids is 1. The smallest absolute Gasteiger partial charge is 0.338 e. The highest BCUT2D eigenvalue weighted by molar-refractivity contribution is 7.89. The zero-order chi connectivity index (χ0) is 14.8. The van der Waals surface area contributed by atoms with Crippen molar-refractivity contribution in [3.05, 3.63) is 29.6 Å². The van der Waals surface area contributed by atoms with Crippen molar-refractivity contribution in [2.24, 2.45) is 5.92 Å². The van der Waals surface area contributed by atoms with Crippen LogP contribution in [0.5, 0.6) is 0 Å². The van der Waals surface area contributed by atoms with E-state index in [-0.39, 0.29) is 10.8 Å². The van der Waals surface area contributed by atoms with Gasteiger partial charge in [-0.05, 0) is 24.1 Å². The topological polar surface area (TPSA) is 74.7 Å². The van der Waals surface area contributed by atoms with Gasteiger partial charge in [0.1, 0.15) is 5.82 Å². The van der Waals surface area contributed by atoms with Gasteiger partial charge in [0.25, 0.3) is 0 Å². The number of carbonyl (C=O) groups is 1. The maximum Gasteiger partial charge on any atom is 0.338 e. The summed E-state index contributed by atoms with van der Waals surface area (Å²) in [5.41, 5.74) is -0.654. The average Bonchev–Trinajstić information content (AvgIpc) is 2.27. The van der Waals surface area contributed by atoms with Gasteiger partial charge in [-0.2, -0.15) is 0 Å². The molecule has 0 heterocycles. The highest BCUT2D eigenvalue weighted by atomic mass is 32.2. The van der Waals surface area contributed by atoms with E-state index < -0.39 is 27.4 Å². The van der Waals surface area contributed by atoms with Gasteiger partial charge in [0.2, 0.25) is 10.0 Å². The lowest BCUT2D eigenvalue weighted by atomic mass is 10.2. The molecular formula is C12H16FNO4S. The molecule has 0 aliphatic heterocycles. The van der Waals surface area contributed by atoms with Gasteiger partial charge in [0.05, 0.1) is 10.5 Å². The third kappa shape index (κ3) is 3.51. The zero-order valence-corrected chi connectivity index (χ0v) is 11.7. The van der Waals surface area contributed by atoms with Crippen molar-refractivity contribution in [3.63, 3.8) is 0 Å². The molecule has 0 saturated carbocycles. The van der Waals surface area contributed by atoms with Crippen LogP contribution in [-0.4, -0.2) is 37.4 Å². The second-order valence-corrected chi connectivity index (χ2v) is 6.67. The molecule has 0 aromatic heterocycles. The molecule has 19 heavy (non-hydrogen) atoms. The standard InChI is InChI=1S/C12H16FNO4S/c1-8(2)7-14(3)19(17,18)9-4-5-11(13)10(6-9)12(15)16/h4-6,8H,7H2,1-3H3,(H,15,16). The lowest BCUT2D eigenvalue weighted by Gasteiger charge is -2.19. The number of sulfonamides is 1. The van der Waals surface area contributed by atoms with Crippen LogP contribution in [0.1, 0.15) is 24.2 Å². The van der Waals surface area contributed by atoms with E-state index >= 15 is 0 Å². The predicted octanol–water partition coefficient (Wildman–Crippen LogP) is 1.80. The van der Waals surface area contributed by atoms with Crippen LogP contribution in [0.2, 0.25) is 0 Å².